The van der Waals surface area contributed by atoms with Gasteiger partial charge in [-0.05, 0) is 25.3 Å². The molecule has 1 saturated heterocycles. The van der Waals surface area contributed by atoms with Crippen LogP contribution in [-0.4, -0.2) is 34.5 Å². The number of nitrogens with zero attached hydrogens (tertiary/aromatic N) is 1. The lowest BCUT2D eigenvalue weighted by molar-refractivity contribution is -0.157. The van der Waals surface area contributed by atoms with E-state index in [2.05, 4.69) is 0 Å². The van der Waals surface area contributed by atoms with E-state index in [0.29, 0.717) is 25.8 Å². The van der Waals surface area contributed by atoms with Crippen LogP contribution in [0, 0.1) is 6.92 Å². The Morgan fingerprint density at radius 3 is 2.50 bits per heavy atom. The molecule has 1 aliphatic heterocycles. The quantitative estimate of drug-likeness (QED) is 0.879. The number of carboxylic acid groups (broad SMARTS) is 1. The summed E-state index contributed by atoms with van der Waals surface area (Å²) >= 11 is 0. The van der Waals surface area contributed by atoms with Gasteiger partial charge in [-0.3, -0.25) is 4.79 Å². The lowest BCUT2D eigenvalue weighted by Crippen LogP contribution is -2.55. The Morgan fingerprint density at radius 2 is 2.00 bits per heavy atom. The van der Waals surface area contributed by atoms with Crippen molar-refractivity contribution in [2.45, 2.75) is 32.2 Å². The van der Waals surface area contributed by atoms with Gasteiger partial charge in [0.2, 0.25) is 5.91 Å². The molecular weight excluding hydrogens is 230 g/mol. The van der Waals surface area contributed by atoms with Gasteiger partial charge >= 0.3 is 5.97 Å². The summed E-state index contributed by atoms with van der Waals surface area (Å²) in [5.41, 5.74) is 2.31. The number of carbonyl (C=O) groups is 2. The second-order valence-corrected chi connectivity index (χ2v) is 4.72. The monoisotopic (exact) mass is 247 g/mol. The van der Waals surface area contributed by atoms with Gasteiger partial charge in [0.1, 0.15) is 6.04 Å². The van der Waals surface area contributed by atoms with E-state index in [-0.39, 0.29) is 5.91 Å². The van der Waals surface area contributed by atoms with Crippen molar-refractivity contribution in [2.24, 2.45) is 0 Å². The minimum atomic E-state index is -0.898. The predicted octanol–water partition coefficient (Wildman–Crippen LogP) is 1.61. The molecule has 96 valence electrons. The molecule has 1 atom stereocenters. The molecule has 0 aromatic heterocycles. The third-order valence-electron chi connectivity index (χ3n) is 3.37. The number of carboxylic acids is 1. The molecule has 1 heterocycles. The summed E-state index contributed by atoms with van der Waals surface area (Å²) in [6.07, 6.45) is 1.63. The summed E-state index contributed by atoms with van der Waals surface area (Å²) in [4.78, 5) is 24.1. The van der Waals surface area contributed by atoms with Crippen LogP contribution in [0.1, 0.15) is 24.0 Å². The zero-order valence-corrected chi connectivity index (χ0v) is 10.4. The molecule has 1 unspecified atom stereocenters. The fourth-order valence-electron chi connectivity index (χ4n) is 2.09. The predicted molar refractivity (Wildman–Crippen MR) is 67.3 cm³/mol. The van der Waals surface area contributed by atoms with Crippen molar-refractivity contribution >= 4 is 11.9 Å². The van der Waals surface area contributed by atoms with Crippen molar-refractivity contribution in [1.82, 2.24) is 4.90 Å². The minimum Gasteiger partial charge on any atom is -0.480 e. The van der Waals surface area contributed by atoms with E-state index < -0.39 is 12.0 Å². The Balaban J connectivity index is 1.85. The summed E-state index contributed by atoms with van der Waals surface area (Å²) < 4.78 is 0. The van der Waals surface area contributed by atoms with Gasteiger partial charge in [0.25, 0.3) is 0 Å². The second kappa shape index (κ2) is 5.21. The molecule has 0 radical (unpaired) electrons. The Kier molecular flexibility index (Phi) is 3.65. The molecule has 0 spiro atoms. The summed E-state index contributed by atoms with van der Waals surface area (Å²) in [5, 5.41) is 8.87. The van der Waals surface area contributed by atoms with Crippen molar-refractivity contribution in [3.8, 4) is 0 Å². The van der Waals surface area contributed by atoms with Crippen LogP contribution in [0.5, 0.6) is 0 Å². The largest absolute Gasteiger partial charge is 0.480 e. The van der Waals surface area contributed by atoms with Crippen molar-refractivity contribution < 1.29 is 14.7 Å². The summed E-state index contributed by atoms with van der Waals surface area (Å²) in [5.74, 6) is -0.959. The van der Waals surface area contributed by atoms with Crippen molar-refractivity contribution in [3.63, 3.8) is 0 Å². The minimum absolute atomic E-state index is 0.0609. The van der Waals surface area contributed by atoms with Crippen molar-refractivity contribution in [1.29, 1.82) is 0 Å². The molecule has 4 heteroatoms. The third kappa shape index (κ3) is 2.70. The molecule has 1 aromatic carbocycles. The van der Waals surface area contributed by atoms with Gasteiger partial charge in [0, 0.05) is 13.0 Å². The lowest BCUT2D eigenvalue weighted by Gasteiger charge is -2.38. The Bertz CT molecular complexity index is 453. The molecule has 0 saturated carbocycles. The van der Waals surface area contributed by atoms with Crippen LogP contribution >= 0.6 is 0 Å². The highest BCUT2D eigenvalue weighted by molar-refractivity contribution is 5.85. The van der Waals surface area contributed by atoms with Crippen LogP contribution in [0.2, 0.25) is 0 Å². The summed E-state index contributed by atoms with van der Waals surface area (Å²) in [6.45, 7) is 2.59. The number of rotatable bonds is 4. The van der Waals surface area contributed by atoms with Gasteiger partial charge in [-0.1, -0.05) is 29.8 Å². The molecule has 1 aliphatic rings. The van der Waals surface area contributed by atoms with E-state index in [1.165, 1.54) is 10.5 Å². The van der Waals surface area contributed by atoms with Gasteiger partial charge in [-0.25, -0.2) is 4.79 Å². The number of hydrogen-bond donors (Lipinski definition) is 1. The van der Waals surface area contributed by atoms with Gasteiger partial charge in [0.15, 0.2) is 0 Å². The maximum Gasteiger partial charge on any atom is 0.326 e. The fourth-order valence-corrected chi connectivity index (χ4v) is 2.09. The van der Waals surface area contributed by atoms with Crippen LogP contribution < -0.4 is 0 Å². The average Bonchev–Trinajstić information content (AvgIpc) is 2.26. The highest BCUT2D eigenvalue weighted by atomic mass is 16.4. The van der Waals surface area contributed by atoms with Gasteiger partial charge < -0.3 is 10.0 Å². The molecule has 0 bridgehead atoms. The van der Waals surface area contributed by atoms with Gasteiger partial charge in [-0.2, -0.15) is 0 Å². The topological polar surface area (TPSA) is 57.6 Å². The number of benzene rings is 1. The molecule has 1 aromatic rings. The van der Waals surface area contributed by atoms with Gasteiger partial charge in [-0.15, -0.1) is 0 Å². The lowest BCUT2D eigenvalue weighted by atomic mass is 10.0. The van der Waals surface area contributed by atoms with Crippen molar-refractivity contribution in [2.75, 3.05) is 6.54 Å². The molecular formula is C14H17NO3. The molecule has 1 amide bonds. The number of carbonyl (C=O) groups excluding carboxylic acids is 1. The standard InChI is InChI=1S/C14H17NO3/c1-10-2-4-11(5-3-10)6-7-13(16)15-9-8-12(15)14(17)18/h2-5,12H,6-9H2,1H3,(H,17,18). The van der Waals surface area contributed by atoms with Crippen LogP contribution in [0.4, 0.5) is 0 Å². The Hall–Kier alpha value is -1.84. The number of amides is 1. The van der Waals surface area contributed by atoms with Crippen LogP contribution in [0.3, 0.4) is 0 Å². The van der Waals surface area contributed by atoms with E-state index >= 15 is 0 Å². The van der Waals surface area contributed by atoms with Crippen LogP contribution in [0.15, 0.2) is 24.3 Å². The first-order valence-electron chi connectivity index (χ1n) is 6.16. The van der Waals surface area contributed by atoms with E-state index in [9.17, 15) is 9.59 Å². The first-order valence-corrected chi connectivity index (χ1v) is 6.16. The highest BCUT2D eigenvalue weighted by Gasteiger charge is 2.36. The highest BCUT2D eigenvalue weighted by Crippen LogP contribution is 2.19. The van der Waals surface area contributed by atoms with E-state index in [1.54, 1.807) is 0 Å². The fraction of sp³-hybridized carbons (Fsp3) is 0.429. The summed E-state index contributed by atoms with van der Waals surface area (Å²) in [7, 11) is 0. The Morgan fingerprint density at radius 1 is 1.33 bits per heavy atom. The first-order chi connectivity index (χ1) is 8.58. The third-order valence-corrected chi connectivity index (χ3v) is 3.37. The SMILES string of the molecule is Cc1ccc(CCC(=O)N2CCC2C(=O)O)cc1. The number of aryl methyl sites for hydroxylation is 2. The van der Waals surface area contributed by atoms with E-state index in [0.717, 1.165) is 5.56 Å². The second-order valence-electron chi connectivity index (χ2n) is 4.72. The van der Waals surface area contributed by atoms with Crippen LogP contribution in [-0.2, 0) is 16.0 Å². The Labute approximate surface area is 106 Å². The molecule has 0 aliphatic carbocycles. The zero-order chi connectivity index (χ0) is 13.1. The maximum atomic E-state index is 11.8. The first kappa shape index (κ1) is 12.6. The number of hydrogen-bond acceptors (Lipinski definition) is 2. The number of likely N-dealkylation sites (tertiary alicyclic amines) is 1. The molecule has 1 N–H and O–H groups in total. The van der Waals surface area contributed by atoms with E-state index in [1.807, 2.05) is 31.2 Å². The molecule has 1 fully saturated rings. The smallest absolute Gasteiger partial charge is 0.326 e. The molecule has 18 heavy (non-hydrogen) atoms. The average molecular weight is 247 g/mol. The molecule has 4 nitrogen and oxygen atoms in total. The van der Waals surface area contributed by atoms with Crippen molar-refractivity contribution in [3.05, 3.63) is 35.4 Å². The van der Waals surface area contributed by atoms with Gasteiger partial charge in [0.05, 0.1) is 0 Å². The summed E-state index contributed by atoms with van der Waals surface area (Å²) in [6, 6.07) is 7.45. The number of aliphatic carboxylic acids is 1. The van der Waals surface area contributed by atoms with E-state index in [4.69, 9.17) is 5.11 Å². The van der Waals surface area contributed by atoms with Crippen LogP contribution in [0.25, 0.3) is 0 Å². The zero-order valence-electron chi connectivity index (χ0n) is 10.4. The normalized spacial score (nSPS) is 18.3. The maximum absolute atomic E-state index is 11.8. The molecule has 2 rings (SSSR count).